The van der Waals surface area contributed by atoms with Crippen LogP contribution < -0.4 is 5.73 Å². The van der Waals surface area contributed by atoms with Crippen molar-refractivity contribution in [2.45, 2.75) is 32.4 Å². The second kappa shape index (κ2) is 6.08. The smallest absolute Gasteiger partial charge is 0.132 e. The van der Waals surface area contributed by atoms with Gasteiger partial charge < -0.3 is 5.73 Å². The minimum Gasteiger partial charge on any atom is -0.327 e. The molecule has 3 rings (SSSR count). The second-order valence-corrected chi connectivity index (χ2v) is 5.96. The van der Waals surface area contributed by atoms with Crippen molar-refractivity contribution in [2.75, 3.05) is 13.1 Å². The van der Waals surface area contributed by atoms with Gasteiger partial charge in [-0.2, -0.15) is 0 Å². The van der Waals surface area contributed by atoms with Gasteiger partial charge in [0.1, 0.15) is 5.82 Å². The van der Waals surface area contributed by atoms with Gasteiger partial charge in [0.15, 0.2) is 0 Å². The van der Waals surface area contributed by atoms with E-state index in [2.05, 4.69) is 16.8 Å². The Morgan fingerprint density at radius 2 is 2.24 bits per heavy atom. The van der Waals surface area contributed by atoms with Crippen LogP contribution in [0, 0.1) is 11.7 Å². The van der Waals surface area contributed by atoms with E-state index in [0.717, 1.165) is 43.6 Å². The Kier molecular flexibility index (Phi) is 4.17. The molecule has 0 saturated carbocycles. The zero-order chi connectivity index (χ0) is 14.8. The van der Waals surface area contributed by atoms with Crippen molar-refractivity contribution in [3.8, 4) is 0 Å². The summed E-state index contributed by atoms with van der Waals surface area (Å²) in [6.07, 6.45) is 3.87. The first-order valence-corrected chi connectivity index (χ1v) is 7.69. The monoisotopic (exact) mass is 287 g/mol. The molecule has 2 atom stereocenters. The molecule has 3 nitrogen and oxygen atoms in total. The maximum absolute atomic E-state index is 13.8. The highest BCUT2D eigenvalue weighted by Gasteiger charge is 2.25. The molecule has 112 valence electrons. The normalized spacial score (nSPS) is 23.6. The van der Waals surface area contributed by atoms with Crippen LogP contribution in [0.4, 0.5) is 4.39 Å². The summed E-state index contributed by atoms with van der Waals surface area (Å²) in [5.41, 5.74) is 8.04. The highest BCUT2D eigenvalue weighted by molar-refractivity contribution is 5.82. The van der Waals surface area contributed by atoms with Gasteiger partial charge in [0, 0.05) is 30.7 Å². The maximum Gasteiger partial charge on any atom is 0.132 e. The molecular formula is C17H22FN3. The van der Waals surface area contributed by atoms with Crippen LogP contribution in [0.1, 0.15) is 25.3 Å². The lowest BCUT2D eigenvalue weighted by Crippen LogP contribution is -2.46. The summed E-state index contributed by atoms with van der Waals surface area (Å²) in [6, 6.07) is 7.30. The molecule has 0 aliphatic carbocycles. The molecular weight excluding hydrogens is 265 g/mol. The Hall–Kier alpha value is -1.52. The van der Waals surface area contributed by atoms with Crippen molar-refractivity contribution in [2.24, 2.45) is 11.7 Å². The van der Waals surface area contributed by atoms with E-state index in [0.29, 0.717) is 17.3 Å². The minimum atomic E-state index is -0.200. The lowest BCUT2D eigenvalue weighted by Gasteiger charge is -2.36. The Balaban J connectivity index is 1.84. The van der Waals surface area contributed by atoms with Gasteiger partial charge >= 0.3 is 0 Å². The first-order chi connectivity index (χ1) is 10.2. The van der Waals surface area contributed by atoms with Gasteiger partial charge in [0.05, 0.1) is 5.52 Å². The number of hydrogen-bond acceptors (Lipinski definition) is 3. The van der Waals surface area contributed by atoms with Gasteiger partial charge in [-0.05, 0) is 42.6 Å². The number of nitrogens with two attached hydrogens (primary N) is 1. The second-order valence-electron chi connectivity index (χ2n) is 5.96. The fourth-order valence-corrected chi connectivity index (χ4v) is 3.27. The van der Waals surface area contributed by atoms with E-state index in [4.69, 9.17) is 5.73 Å². The SMILES string of the molecule is CCC1CN(Cc2ccc(F)c3cccnc23)CCC1N. The lowest BCUT2D eigenvalue weighted by molar-refractivity contribution is 0.146. The fourth-order valence-electron chi connectivity index (χ4n) is 3.27. The molecule has 2 aromatic rings. The third kappa shape index (κ3) is 2.92. The molecule has 0 spiro atoms. The molecule has 4 heteroatoms. The number of piperidine rings is 1. The molecule has 1 fully saturated rings. The maximum atomic E-state index is 13.8. The first-order valence-electron chi connectivity index (χ1n) is 7.69. The molecule has 0 radical (unpaired) electrons. The van der Waals surface area contributed by atoms with Crippen molar-refractivity contribution in [3.05, 3.63) is 41.8 Å². The quantitative estimate of drug-likeness (QED) is 0.943. The van der Waals surface area contributed by atoms with Crippen LogP contribution in [0.15, 0.2) is 30.5 Å². The average molecular weight is 287 g/mol. The Bertz CT molecular complexity index is 628. The Labute approximate surface area is 125 Å². The molecule has 1 aromatic heterocycles. The minimum absolute atomic E-state index is 0.200. The number of likely N-dealkylation sites (tertiary alicyclic amines) is 1. The molecule has 0 bridgehead atoms. The van der Waals surface area contributed by atoms with Crippen LogP contribution in [0.3, 0.4) is 0 Å². The number of rotatable bonds is 3. The summed E-state index contributed by atoms with van der Waals surface area (Å²) < 4.78 is 13.8. The van der Waals surface area contributed by atoms with E-state index in [-0.39, 0.29) is 5.82 Å². The molecule has 1 saturated heterocycles. The van der Waals surface area contributed by atoms with Crippen LogP contribution in [0.5, 0.6) is 0 Å². The van der Waals surface area contributed by atoms with Crippen LogP contribution in [0.25, 0.3) is 10.9 Å². The average Bonchev–Trinajstić information content (AvgIpc) is 2.52. The number of hydrogen-bond donors (Lipinski definition) is 1. The van der Waals surface area contributed by atoms with Crippen LogP contribution >= 0.6 is 0 Å². The topological polar surface area (TPSA) is 42.2 Å². The molecule has 1 aromatic carbocycles. The summed E-state index contributed by atoms with van der Waals surface area (Å²) in [7, 11) is 0. The van der Waals surface area contributed by atoms with Gasteiger partial charge in [0.2, 0.25) is 0 Å². The van der Waals surface area contributed by atoms with E-state index in [9.17, 15) is 4.39 Å². The predicted octanol–water partition coefficient (Wildman–Crippen LogP) is 2.93. The summed E-state index contributed by atoms with van der Waals surface area (Å²) in [5.74, 6) is 0.354. The molecule has 1 aliphatic rings. The van der Waals surface area contributed by atoms with Crippen molar-refractivity contribution in [1.29, 1.82) is 0 Å². The molecule has 2 N–H and O–H groups in total. The number of benzene rings is 1. The van der Waals surface area contributed by atoms with Crippen molar-refractivity contribution < 1.29 is 4.39 Å². The molecule has 21 heavy (non-hydrogen) atoms. The first kappa shape index (κ1) is 14.4. The van der Waals surface area contributed by atoms with E-state index in [1.165, 1.54) is 0 Å². The molecule has 2 heterocycles. The van der Waals surface area contributed by atoms with E-state index >= 15 is 0 Å². The lowest BCUT2D eigenvalue weighted by atomic mass is 9.90. The molecule has 0 amide bonds. The Morgan fingerprint density at radius 1 is 1.38 bits per heavy atom. The van der Waals surface area contributed by atoms with E-state index < -0.39 is 0 Å². The number of fused-ring (bicyclic) bond motifs is 1. The highest BCUT2D eigenvalue weighted by Crippen LogP contribution is 2.24. The standard InChI is InChI=1S/C17H22FN3/c1-2-12-10-21(9-7-16(12)19)11-13-5-6-15(18)14-4-3-8-20-17(13)14/h3-6,8,12,16H,2,7,9-11,19H2,1H3. The fraction of sp³-hybridized carbons (Fsp3) is 0.471. The van der Waals surface area contributed by atoms with Gasteiger partial charge in [-0.3, -0.25) is 9.88 Å². The summed E-state index contributed by atoms with van der Waals surface area (Å²) in [4.78, 5) is 6.79. The van der Waals surface area contributed by atoms with Crippen molar-refractivity contribution in [3.63, 3.8) is 0 Å². The molecule has 1 aliphatic heterocycles. The van der Waals surface area contributed by atoms with Gasteiger partial charge in [-0.25, -0.2) is 4.39 Å². The predicted molar refractivity (Wildman–Crippen MR) is 83.4 cm³/mol. The number of halogens is 1. The molecule has 2 unspecified atom stereocenters. The number of pyridine rings is 1. The number of aromatic nitrogens is 1. The van der Waals surface area contributed by atoms with Crippen molar-refractivity contribution in [1.82, 2.24) is 9.88 Å². The van der Waals surface area contributed by atoms with Gasteiger partial charge in [0.25, 0.3) is 0 Å². The summed E-state index contributed by atoms with van der Waals surface area (Å²) >= 11 is 0. The third-order valence-electron chi connectivity index (χ3n) is 4.60. The largest absolute Gasteiger partial charge is 0.327 e. The number of nitrogens with zero attached hydrogens (tertiary/aromatic N) is 2. The third-order valence-corrected chi connectivity index (χ3v) is 4.60. The highest BCUT2D eigenvalue weighted by atomic mass is 19.1. The van der Waals surface area contributed by atoms with Crippen molar-refractivity contribution >= 4 is 10.9 Å². The zero-order valence-corrected chi connectivity index (χ0v) is 12.4. The van der Waals surface area contributed by atoms with E-state index in [1.807, 2.05) is 6.07 Å². The van der Waals surface area contributed by atoms with Gasteiger partial charge in [-0.15, -0.1) is 0 Å². The summed E-state index contributed by atoms with van der Waals surface area (Å²) in [5, 5.41) is 0.607. The van der Waals surface area contributed by atoms with Crippen LogP contribution in [0.2, 0.25) is 0 Å². The summed E-state index contributed by atoms with van der Waals surface area (Å²) in [6.45, 7) is 5.03. The van der Waals surface area contributed by atoms with E-state index in [1.54, 1.807) is 24.4 Å². The van der Waals surface area contributed by atoms with Gasteiger partial charge in [-0.1, -0.05) is 19.4 Å². The van der Waals surface area contributed by atoms with Crippen LogP contribution in [-0.4, -0.2) is 29.0 Å². The zero-order valence-electron chi connectivity index (χ0n) is 12.4. The Morgan fingerprint density at radius 3 is 3.05 bits per heavy atom. The van der Waals surface area contributed by atoms with Crippen LogP contribution in [-0.2, 0) is 6.54 Å².